The molecule has 0 aliphatic carbocycles. The molecule has 0 aliphatic rings. The van der Waals surface area contributed by atoms with Crippen molar-refractivity contribution in [1.82, 2.24) is 0 Å². The molecule has 114 valence electrons. The molecule has 4 nitrogen and oxygen atoms in total. The highest BCUT2D eigenvalue weighted by atomic mass is 16.6. The van der Waals surface area contributed by atoms with Gasteiger partial charge < -0.3 is 9.47 Å². The number of carbonyl (C=O) groups excluding carboxylic acids is 2. The van der Waals surface area contributed by atoms with Crippen LogP contribution in [0.2, 0.25) is 0 Å². The quantitative estimate of drug-likeness (QED) is 0.312. The molecule has 0 radical (unpaired) electrons. The van der Waals surface area contributed by atoms with Crippen molar-refractivity contribution in [2.45, 2.75) is 58.0 Å². The molecule has 0 fully saturated rings. The fourth-order valence-electron chi connectivity index (χ4n) is 1.80. The first-order valence-electron chi connectivity index (χ1n) is 7.26. The number of unbranched alkanes of at least 4 members (excludes halogenated alkanes) is 4. The molecule has 0 aromatic carbocycles. The van der Waals surface area contributed by atoms with E-state index in [0.29, 0.717) is 6.42 Å². The zero-order chi connectivity index (χ0) is 15.2. The molecule has 0 heterocycles. The lowest BCUT2D eigenvalue weighted by molar-refractivity contribution is -0.145. The molecule has 0 bridgehead atoms. The Hall–Kier alpha value is -1.58. The molecular weight excluding hydrogens is 256 g/mol. The van der Waals surface area contributed by atoms with Crippen molar-refractivity contribution in [3.8, 4) is 0 Å². The van der Waals surface area contributed by atoms with Crippen LogP contribution in [0.5, 0.6) is 0 Å². The zero-order valence-corrected chi connectivity index (χ0v) is 12.4. The molecule has 0 aromatic rings. The summed E-state index contributed by atoms with van der Waals surface area (Å²) in [5, 5.41) is 0. The molecule has 20 heavy (non-hydrogen) atoms. The first-order valence-corrected chi connectivity index (χ1v) is 7.26. The third-order valence-electron chi connectivity index (χ3n) is 2.93. The van der Waals surface area contributed by atoms with Gasteiger partial charge in [0.1, 0.15) is 6.10 Å². The van der Waals surface area contributed by atoms with Crippen molar-refractivity contribution in [2.75, 3.05) is 6.61 Å². The fraction of sp³-hybridized carbons (Fsp3) is 0.625. The Bertz CT molecular complexity index is 310. The molecule has 0 saturated heterocycles. The summed E-state index contributed by atoms with van der Waals surface area (Å²) in [5.41, 5.74) is 0. The van der Waals surface area contributed by atoms with Crippen LogP contribution in [-0.4, -0.2) is 24.6 Å². The predicted octanol–water partition coefficient (Wildman–Crippen LogP) is 3.56. The second-order valence-electron chi connectivity index (χ2n) is 4.63. The Morgan fingerprint density at radius 3 is 2.25 bits per heavy atom. The maximum Gasteiger partial charge on any atom is 0.330 e. The largest absolute Gasteiger partial charge is 0.462 e. The van der Waals surface area contributed by atoms with Gasteiger partial charge in [0.25, 0.3) is 0 Å². The van der Waals surface area contributed by atoms with Gasteiger partial charge in [-0.15, -0.1) is 0 Å². The summed E-state index contributed by atoms with van der Waals surface area (Å²) in [7, 11) is 0. The summed E-state index contributed by atoms with van der Waals surface area (Å²) in [6, 6.07) is 0. The van der Waals surface area contributed by atoms with Gasteiger partial charge in [0.2, 0.25) is 0 Å². The van der Waals surface area contributed by atoms with Crippen LogP contribution in [0.3, 0.4) is 0 Å². The number of rotatable bonds is 12. The van der Waals surface area contributed by atoms with E-state index in [1.807, 2.05) is 0 Å². The minimum atomic E-state index is -0.457. The van der Waals surface area contributed by atoms with E-state index in [1.165, 1.54) is 19.3 Å². The molecule has 0 spiro atoms. The smallest absolute Gasteiger partial charge is 0.330 e. The molecule has 0 rings (SSSR count). The first-order chi connectivity index (χ1) is 9.63. The second kappa shape index (κ2) is 12.5. The summed E-state index contributed by atoms with van der Waals surface area (Å²) in [6.07, 6.45) is 9.11. The van der Waals surface area contributed by atoms with Gasteiger partial charge in [0.15, 0.2) is 0 Å². The Morgan fingerprint density at radius 1 is 1.00 bits per heavy atom. The van der Waals surface area contributed by atoms with Crippen molar-refractivity contribution in [3.63, 3.8) is 0 Å². The van der Waals surface area contributed by atoms with Gasteiger partial charge in [-0.25, -0.2) is 9.59 Å². The van der Waals surface area contributed by atoms with Crippen LogP contribution >= 0.6 is 0 Å². The Kier molecular flexibility index (Phi) is 11.5. The van der Waals surface area contributed by atoms with Crippen LogP contribution in [0.15, 0.2) is 25.3 Å². The van der Waals surface area contributed by atoms with Crippen LogP contribution < -0.4 is 0 Å². The minimum absolute atomic E-state index is 0.222. The van der Waals surface area contributed by atoms with Crippen LogP contribution in [0.25, 0.3) is 0 Å². The molecule has 4 heteroatoms. The maximum absolute atomic E-state index is 11.2. The van der Waals surface area contributed by atoms with E-state index in [0.717, 1.165) is 31.4 Å². The molecule has 0 aromatic heterocycles. The van der Waals surface area contributed by atoms with Gasteiger partial charge >= 0.3 is 11.9 Å². The van der Waals surface area contributed by atoms with Crippen molar-refractivity contribution >= 4 is 11.9 Å². The lowest BCUT2D eigenvalue weighted by Gasteiger charge is -2.16. The summed E-state index contributed by atoms with van der Waals surface area (Å²) in [4.78, 5) is 22.2. The number of esters is 2. The normalized spacial score (nSPS) is 11.4. The van der Waals surface area contributed by atoms with Gasteiger partial charge in [0.05, 0.1) is 6.61 Å². The zero-order valence-electron chi connectivity index (χ0n) is 12.4. The van der Waals surface area contributed by atoms with Crippen LogP contribution in [0.1, 0.15) is 51.9 Å². The first kappa shape index (κ1) is 18.4. The average Bonchev–Trinajstić information content (AvgIpc) is 2.46. The lowest BCUT2D eigenvalue weighted by atomic mass is 10.1. The van der Waals surface area contributed by atoms with Crippen molar-refractivity contribution in [2.24, 2.45) is 0 Å². The highest BCUT2D eigenvalue weighted by Gasteiger charge is 2.13. The van der Waals surface area contributed by atoms with Gasteiger partial charge in [-0.3, -0.25) is 0 Å². The number of ether oxygens (including phenoxy) is 2. The van der Waals surface area contributed by atoms with Gasteiger partial charge in [0, 0.05) is 18.6 Å². The molecule has 0 aliphatic heterocycles. The molecule has 0 saturated carbocycles. The van der Waals surface area contributed by atoms with Crippen LogP contribution in [0.4, 0.5) is 0 Å². The number of hydrogen-bond donors (Lipinski definition) is 0. The maximum atomic E-state index is 11.2. The number of carbonyl (C=O) groups is 2. The van der Waals surface area contributed by atoms with E-state index in [4.69, 9.17) is 9.47 Å². The Balaban J connectivity index is 3.99. The van der Waals surface area contributed by atoms with Crippen LogP contribution in [-0.2, 0) is 19.1 Å². The highest BCUT2D eigenvalue weighted by molar-refractivity contribution is 5.81. The van der Waals surface area contributed by atoms with E-state index >= 15 is 0 Å². The summed E-state index contributed by atoms with van der Waals surface area (Å²) in [6.45, 7) is 9.11. The Labute approximate surface area is 121 Å². The van der Waals surface area contributed by atoms with E-state index < -0.39 is 11.9 Å². The highest BCUT2D eigenvalue weighted by Crippen LogP contribution is 2.13. The summed E-state index contributed by atoms with van der Waals surface area (Å²) < 4.78 is 10.2. The third kappa shape index (κ3) is 10.4. The fourth-order valence-corrected chi connectivity index (χ4v) is 1.80. The lowest BCUT2D eigenvalue weighted by Crippen LogP contribution is -2.19. The predicted molar refractivity (Wildman–Crippen MR) is 79.2 cm³/mol. The summed E-state index contributed by atoms with van der Waals surface area (Å²) in [5.74, 6) is -0.889. The number of hydrogen-bond acceptors (Lipinski definition) is 4. The minimum Gasteiger partial charge on any atom is -0.462 e. The summed E-state index contributed by atoms with van der Waals surface area (Å²) >= 11 is 0. The van der Waals surface area contributed by atoms with Crippen LogP contribution in [0, 0.1) is 0 Å². The second-order valence-corrected chi connectivity index (χ2v) is 4.63. The Morgan fingerprint density at radius 2 is 1.65 bits per heavy atom. The molecular formula is C16H26O4. The van der Waals surface area contributed by atoms with E-state index in [9.17, 15) is 9.59 Å². The molecule has 1 atom stereocenters. The standard InChI is InChI=1S/C16H26O4/c1-4-7-8-9-10-11-14(20-16(18)6-3)12-13-19-15(17)5-2/h5-6,14H,2-4,7-13H2,1H3. The molecule has 0 amide bonds. The third-order valence-corrected chi connectivity index (χ3v) is 2.93. The van der Waals surface area contributed by atoms with Gasteiger partial charge in [-0.05, 0) is 12.8 Å². The monoisotopic (exact) mass is 282 g/mol. The molecule has 0 N–H and O–H groups in total. The SMILES string of the molecule is C=CC(=O)OCCC(CCCCCCC)OC(=O)C=C. The van der Waals surface area contributed by atoms with Crippen molar-refractivity contribution in [3.05, 3.63) is 25.3 Å². The van der Waals surface area contributed by atoms with Gasteiger partial charge in [-0.2, -0.15) is 0 Å². The van der Waals surface area contributed by atoms with Crippen molar-refractivity contribution < 1.29 is 19.1 Å². The van der Waals surface area contributed by atoms with E-state index in [-0.39, 0.29) is 12.7 Å². The van der Waals surface area contributed by atoms with Gasteiger partial charge in [-0.1, -0.05) is 45.8 Å². The van der Waals surface area contributed by atoms with Crippen molar-refractivity contribution in [1.29, 1.82) is 0 Å². The topological polar surface area (TPSA) is 52.6 Å². The van der Waals surface area contributed by atoms with E-state index in [1.54, 1.807) is 0 Å². The molecule has 1 unspecified atom stereocenters. The van der Waals surface area contributed by atoms with E-state index in [2.05, 4.69) is 20.1 Å². The average molecular weight is 282 g/mol.